The molecule has 1 amide bonds. The van der Waals surface area contributed by atoms with Gasteiger partial charge in [0.2, 0.25) is 5.91 Å². The van der Waals surface area contributed by atoms with Gasteiger partial charge in [-0.15, -0.1) is 0 Å². The minimum atomic E-state index is 0.0155. The highest BCUT2D eigenvalue weighted by molar-refractivity contribution is 5.91. The first-order chi connectivity index (χ1) is 9.54. The third-order valence-electron chi connectivity index (χ3n) is 3.09. The number of carbonyl (C=O) groups is 1. The molecule has 1 aromatic heterocycles. The highest BCUT2D eigenvalue weighted by Crippen LogP contribution is 2.17. The zero-order chi connectivity index (χ0) is 14.5. The number of nitrogens with zero attached hydrogens (tertiary/aromatic N) is 2. The number of amides is 1. The number of anilines is 2. The van der Waals surface area contributed by atoms with Gasteiger partial charge >= 0.3 is 0 Å². The largest absolute Gasteiger partial charge is 0.399 e. The number of nitrogens with two attached hydrogens (primary N) is 1. The molecule has 0 radical (unpaired) electrons. The van der Waals surface area contributed by atoms with Crippen molar-refractivity contribution in [1.82, 2.24) is 9.78 Å². The molecular formula is C15H20N4O. The van der Waals surface area contributed by atoms with Crippen LogP contribution in [0.25, 0.3) is 0 Å². The van der Waals surface area contributed by atoms with Crippen molar-refractivity contribution in [3.63, 3.8) is 0 Å². The van der Waals surface area contributed by atoms with E-state index in [0.29, 0.717) is 12.1 Å². The van der Waals surface area contributed by atoms with Gasteiger partial charge in [0.05, 0.1) is 5.69 Å². The van der Waals surface area contributed by atoms with Gasteiger partial charge in [0.1, 0.15) is 0 Å². The van der Waals surface area contributed by atoms with Crippen LogP contribution >= 0.6 is 0 Å². The Morgan fingerprint density at radius 1 is 1.35 bits per heavy atom. The van der Waals surface area contributed by atoms with Crippen LogP contribution in [0.2, 0.25) is 0 Å². The lowest BCUT2D eigenvalue weighted by atomic mass is 10.1. The molecule has 106 valence electrons. The maximum Gasteiger partial charge on any atom is 0.224 e. The standard InChI is InChI=1S/C15H20N4O/c1-11-10-13(16)5-6-14(11)17-15(20)4-3-8-19-9-7-12(2)18-19/h5-7,9-10H,3-4,8,16H2,1-2H3,(H,17,20). The van der Waals surface area contributed by atoms with E-state index in [0.717, 1.165) is 29.9 Å². The van der Waals surface area contributed by atoms with Crippen molar-refractivity contribution in [3.8, 4) is 0 Å². The Bertz CT molecular complexity index is 604. The summed E-state index contributed by atoms with van der Waals surface area (Å²) < 4.78 is 1.86. The van der Waals surface area contributed by atoms with E-state index in [4.69, 9.17) is 5.73 Å². The molecular weight excluding hydrogens is 252 g/mol. The molecule has 0 bridgehead atoms. The number of hydrogen-bond acceptors (Lipinski definition) is 3. The van der Waals surface area contributed by atoms with Crippen LogP contribution in [0, 0.1) is 13.8 Å². The third-order valence-corrected chi connectivity index (χ3v) is 3.09. The second-order valence-electron chi connectivity index (χ2n) is 4.95. The number of carbonyl (C=O) groups excluding carboxylic acids is 1. The summed E-state index contributed by atoms with van der Waals surface area (Å²) in [6.45, 7) is 4.63. The van der Waals surface area contributed by atoms with Crippen molar-refractivity contribution in [2.24, 2.45) is 0 Å². The molecule has 3 N–H and O–H groups in total. The molecule has 1 aromatic carbocycles. The van der Waals surface area contributed by atoms with Crippen LogP contribution in [0.15, 0.2) is 30.5 Å². The van der Waals surface area contributed by atoms with Crippen LogP contribution in [0.5, 0.6) is 0 Å². The van der Waals surface area contributed by atoms with Crippen molar-refractivity contribution in [2.75, 3.05) is 11.1 Å². The van der Waals surface area contributed by atoms with Crippen molar-refractivity contribution in [3.05, 3.63) is 41.7 Å². The zero-order valence-corrected chi connectivity index (χ0v) is 11.9. The fraction of sp³-hybridized carbons (Fsp3) is 0.333. The summed E-state index contributed by atoms with van der Waals surface area (Å²) in [7, 11) is 0. The molecule has 0 aliphatic carbocycles. The number of benzene rings is 1. The summed E-state index contributed by atoms with van der Waals surface area (Å²) in [6.07, 6.45) is 3.17. The van der Waals surface area contributed by atoms with Gasteiger partial charge in [-0.25, -0.2) is 0 Å². The molecule has 0 aliphatic heterocycles. The normalized spacial score (nSPS) is 10.5. The maximum atomic E-state index is 11.9. The molecule has 2 aromatic rings. The second-order valence-corrected chi connectivity index (χ2v) is 4.95. The van der Waals surface area contributed by atoms with Gasteiger partial charge in [0.25, 0.3) is 0 Å². The summed E-state index contributed by atoms with van der Waals surface area (Å²) in [5.41, 5.74) is 9.17. The molecule has 0 saturated heterocycles. The van der Waals surface area contributed by atoms with E-state index in [1.807, 2.05) is 42.9 Å². The minimum Gasteiger partial charge on any atom is -0.399 e. The Kier molecular flexibility index (Phi) is 4.40. The fourth-order valence-corrected chi connectivity index (χ4v) is 2.03. The van der Waals surface area contributed by atoms with E-state index in [9.17, 15) is 4.79 Å². The van der Waals surface area contributed by atoms with Gasteiger partial charge in [-0.2, -0.15) is 5.10 Å². The number of nitrogens with one attached hydrogen (secondary N) is 1. The van der Waals surface area contributed by atoms with Gasteiger partial charge in [0, 0.05) is 30.5 Å². The minimum absolute atomic E-state index is 0.0155. The van der Waals surface area contributed by atoms with Crippen LogP contribution in [-0.4, -0.2) is 15.7 Å². The lowest BCUT2D eigenvalue weighted by Crippen LogP contribution is -2.13. The Hall–Kier alpha value is -2.30. The monoisotopic (exact) mass is 272 g/mol. The van der Waals surface area contributed by atoms with E-state index in [1.165, 1.54) is 0 Å². The topological polar surface area (TPSA) is 72.9 Å². The lowest BCUT2D eigenvalue weighted by molar-refractivity contribution is -0.116. The first kappa shape index (κ1) is 14.1. The molecule has 5 nitrogen and oxygen atoms in total. The number of aromatic nitrogens is 2. The highest BCUT2D eigenvalue weighted by atomic mass is 16.1. The number of nitrogen functional groups attached to an aromatic ring is 1. The van der Waals surface area contributed by atoms with Crippen LogP contribution in [0.1, 0.15) is 24.1 Å². The summed E-state index contributed by atoms with van der Waals surface area (Å²) >= 11 is 0. The number of hydrogen-bond donors (Lipinski definition) is 2. The van der Waals surface area contributed by atoms with Gasteiger partial charge in [-0.3, -0.25) is 9.48 Å². The van der Waals surface area contributed by atoms with Crippen LogP contribution in [0.4, 0.5) is 11.4 Å². The molecule has 0 unspecified atom stereocenters. The van der Waals surface area contributed by atoms with Crippen LogP contribution in [0.3, 0.4) is 0 Å². The van der Waals surface area contributed by atoms with Crippen molar-refractivity contribution < 1.29 is 4.79 Å². The van der Waals surface area contributed by atoms with E-state index in [-0.39, 0.29) is 5.91 Å². The fourth-order valence-electron chi connectivity index (χ4n) is 2.03. The summed E-state index contributed by atoms with van der Waals surface area (Å²) in [6, 6.07) is 7.43. The Morgan fingerprint density at radius 3 is 2.80 bits per heavy atom. The van der Waals surface area contributed by atoms with Gasteiger partial charge in [0.15, 0.2) is 0 Å². The first-order valence-corrected chi connectivity index (χ1v) is 6.70. The number of rotatable bonds is 5. The molecule has 0 spiro atoms. The zero-order valence-electron chi connectivity index (χ0n) is 11.9. The predicted molar refractivity (Wildman–Crippen MR) is 80.4 cm³/mol. The molecule has 5 heteroatoms. The van der Waals surface area contributed by atoms with Crippen molar-refractivity contribution in [1.29, 1.82) is 0 Å². The molecule has 20 heavy (non-hydrogen) atoms. The predicted octanol–water partition coefficient (Wildman–Crippen LogP) is 2.50. The van der Waals surface area contributed by atoms with Gasteiger partial charge < -0.3 is 11.1 Å². The Labute approximate surface area is 118 Å². The summed E-state index contributed by atoms with van der Waals surface area (Å²) in [5, 5.41) is 7.19. The van der Waals surface area contributed by atoms with E-state index < -0.39 is 0 Å². The highest BCUT2D eigenvalue weighted by Gasteiger charge is 2.05. The average molecular weight is 272 g/mol. The quantitative estimate of drug-likeness (QED) is 0.821. The molecule has 0 fully saturated rings. The SMILES string of the molecule is Cc1ccn(CCCC(=O)Nc2ccc(N)cc2C)n1. The van der Waals surface area contributed by atoms with E-state index in [1.54, 1.807) is 6.07 Å². The molecule has 2 rings (SSSR count). The van der Waals surface area contributed by atoms with Crippen molar-refractivity contribution in [2.45, 2.75) is 33.2 Å². The van der Waals surface area contributed by atoms with Gasteiger partial charge in [-0.05, 0) is 50.1 Å². The Balaban J connectivity index is 1.80. The third kappa shape index (κ3) is 3.85. The van der Waals surface area contributed by atoms with Crippen LogP contribution in [-0.2, 0) is 11.3 Å². The molecule has 0 aliphatic rings. The van der Waals surface area contributed by atoms with E-state index in [2.05, 4.69) is 10.4 Å². The van der Waals surface area contributed by atoms with E-state index >= 15 is 0 Å². The molecule has 1 heterocycles. The first-order valence-electron chi connectivity index (χ1n) is 6.70. The average Bonchev–Trinajstić information content (AvgIpc) is 2.79. The molecule has 0 atom stereocenters. The second kappa shape index (κ2) is 6.23. The number of aryl methyl sites for hydroxylation is 3. The van der Waals surface area contributed by atoms with Crippen molar-refractivity contribution >= 4 is 17.3 Å². The molecule has 0 saturated carbocycles. The Morgan fingerprint density at radius 2 is 2.15 bits per heavy atom. The summed E-state index contributed by atoms with van der Waals surface area (Å²) in [4.78, 5) is 11.9. The maximum absolute atomic E-state index is 11.9. The van der Waals surface area contributed by atoms with Crippen LogP contribution < -0.4 is 11.1 Å². The summed E-state index contributed by atoms with van der Waals surface area (Å²) in [5.74, 6) is 0.0155. The lowest BCUT2D eigenvalue weighted by Gasteiger charge is -2.09. The van der Waals surface area contributed by atoms with Gasteiger partial charge in [-0.1, -0.05) is 0 Å². The smallest absolute Gasteiger partial charge is 0.224 e.